The molecule has 1 unspecified atom stereocenters. The summed E-state index contributed by atoms with van der Waals surface area (Å²) >= 11 is 0. The van der Waals surface area contributed by atoms with Gasteiger partial charge in [0, 0.05) is 5.56 Å². The highest BCUT2D eigenvalue weighted by molar-refractivity contribution is 6.47. The third-order valence-corrected chi connectivity index (χ3v) is 4.87. The molecule has 0 saturated heterocycles. The van der Waals surface area contributed by atoms with E-state index >= 15 is 0 Å². The molecule has 5 nitrogen and oxygen atoms in total. The summed E-state index contributed by atoms with van der Waals surface area (Å²) in [6.07, 6.45) is 4.96. The minimum atomic E-state index is -0.949. The first-order valence-corrected chi connectivity index (χ1v) is 8.31. The second-order valence-corrected chi connectivity index (χ2v) is 6.31. The van der Waals surface area contributed by atoms with Gasteiger partial charge in [0.1, 0.15) is 17.4 Å². The van der Waals surface area contributed by atoms with Gasteiger partial charge in [-0.1, -0.05) is 43.7 Å². The molecule has 0 radical (unpaired) electrons. The molecule has 0 aromatic heterocycles. The molecular weight excluding hydrogens is 292 g/mol. The number of hydrogen-bond donors (Lipinski definition) is 1. The second kappa shape index (κ2) is 6.14. The Labute approximate surface area is 136 Å². The normalized spacial score (nSPS) is 21.3. The molecule has 122 valence electrons. The van der Waals surface area contributed by atoms with Crippen molar-refractivity contribution in [1.82, 2.24) is 4.90 Å². The van der Waals surface area contributed by atoms with Crippen molar-refractivity contribution < 1.29 is 14.7 Å². The topological polar surface area (TPSA) is 70.0 Å². The lowest BCUT2D eigenvalue weighted by molar-refractivity contribution is -0.153. The minimum Gasteiger partial charge on any atom is -0.480 e. The van der Waals surface area contributed by atoms with E-state index in [-0.39, 0.29) is 5.91 Å². The Morgan fingerprint density at radius 3 is 2.48 bits per heavy atom. The molecule has 1 atom stereocenters. The second-order valence-electron chi connectivity index (χ2n) is 6.31. The fourth-order valence-electron chi connectivity index (χ4n) is 3.77. The Kier molecular flexibility index (Phi) is 4.20. The molecule has 1 aromatic carbocycles. The number of aliphatic imine (C=N–C) groups is 1. The van der Waals surface area contributed by atoms with Crippen LogP contribution >= 0.6 is 0 Å². The Hall–Kier alpha value is -2.17. The van der Waals surface area contributed by atoms with Crippen LogP contribution in [0.1, 0.15) is 51.0 Å². The van der Waals surface area contributed by atoms with Crippen molar-refractivity contribution in [1.29, 1.82) is 0 Å². The largest absolute Gasteiger partial charge is 0.480 e. The summed E-state index contributed by atoms with van der Waals surface area (Å²) in [7, 11) is 0. The standard InChI is InChI=1S/C18H22N2O3/c1-2-14(17(22)23)20-16(21)15(13-9-5-3-6-10-13)19-18(20)11-7-4-8-12-18/h3,5-6,9-10,14H,2,4,7-8,11-12H2,1H3,(H,22,23). The SMILES string of the molecule is CCC(C(=O)O)N1C(=O)C(c2ccccc2)=NC12CCCCC2. The predicted molar refractivity (Wildman–Crippen MR) is 87.4 cm³/mol. The zero-order chi connectivity index (χ0) is 16.4. The van der Waals surface area contributed by atoms with Gasteiger partial charge in [-0.3, -0.25) is 14.7 Å². The molecule has 1 spiro atoms. The Morgan fingerprint density at radius 1 is 1.26 bits per heavy atom. The highest BCUT2D eigenvalue weighted by Crippen LogP contribution is 2.41. The van der Waals surface area contributed by atoms with Crippen molar-refractivity contribution in [2.75, 3.05) is 0 Å². The van der Waals surface area contributed by atoms with Crippen LogP contribution in [-0.2, 0) is 9.59 Å². The monoisotopic (exact) mass is 314 g/mol. The molecule has 1 saturated carbocycles. The third kappa shape index (κ3) is 2.64. The van der Waals surface area contributed by atoms with Crippen LogP contribution in [-0.4, -0.2) is 39.3 Å². The zero-order valence-corrected chi connectivity index (χ0v) is 13.4. The maximum atomic E-state index is 13.0. The smallest absolute Gasteiger partial charge is 0.326 e. The number of nitrogens with zero attached hydrogens (tertiary/aromatic N) is 2. The molecule has 1 heterocycles. The van der Waals surface area contributed by atoms with Crippen LogP contribution in [0.4, 0.5) is 0 Å². The van der Waals surface area contributed by atoms with Crippen LogP contribution < -0.4 is 0 Å². The lowest BCUT2D eigenvalue weighted by atomic mass is 9.87. The van der Waals surface area contributed by atoms with Crippen LogP contribution in [0.2, 0.25) is 0 Å². The van der Waals surface area contributed by atoms with E-state index < -0.39 is 17.7 Å². The first-order chi connectivity index (χ1) is 11.1. The van der Waals surface area contributed by atoms with Gasteiger partial charge in [-0.25, -0.2) is 4.79 Å². The van der Waals surface area contributed by atoms with Crippen LogP contribution in [0.15, 0.2) is 35.3 Å². The van der Waals surface area contributed by atoms with E-state index in [9.17, 15) is 14.7 Å². The maximum absolute atomic E-state index is 13.0. The number of carboxylic acid groups (broad SMARTS) is 1. The zero-order valence-electron chi connectivity index (χ0n) is 13.4. The van der Waals surface area contributed by atoms with E-state index in [2.05, 4.69) is 0 Å². The van der Waals surface area contributed by atoms with Crippen molar-refractivity contribution in [3.05, 3.63) is 35.9 Å². The minimum absolute atomic E-state index is 0.243. The van der Waals surface area contributed by atoms with E-state index in [0.29, 0.717) is 12.1 Å². The molecule has 2 aliphatic rings. The maximum Gasteiger partial charge on any atom is 0.326 e. The Balaban J connectivity index is 2.06. The van der Waals surface area contributed by atoms with Gasteiger partial charge in [-0.05, 0) is 32.1 Å². The van der Waals surface area contributed by atoms with Gasteiger partial charge < -0.3 is 5.11 Å². The van der Waals surface area contributed by atoms with Crippen LogP contribution in [0.5, 0.6) is 0 Å². The summed E-state index contributed by atoms with van der Waals surface area (Å²) in [5.74, 6) is -1.19. The molecule has 5 heteroatoms. The van der Waals surface area contributed by atoms with Crippen LogP contribution in [0, 0.1) is 0 Å². The van der Waals surface area contributed by atoms with E-state index in [1.165, 1.54) is 0 Å². The number of carboxylic acids is 1. The van der Waals surface area contributed by atoms with E-state index in [1.54, 1.807) is 4.90 Å². The first kappa shape index (κ1) is 15.7. The van der Waals surface area contributed by atoms with E-state index in [0.717, 1.165) is 37.7 Å². The molecule has 1 amide bonds. The molecule has 3 rings (SSSR count). The van der Waals surface area contributed by atoms with Gasteiger partial charge >= 0.3 is 5.97 Å². The average molecular weight is 314 g/mol. The fraction of sp³-hybridized carbons (Fsp3) is 0.500. The van der Waals surface area contributed by atoms with E-state index in [4.69, 9.17) is 4.99 Å². The quantitative estimate of drug-likeness (QED) is 0.929. The van der Waals surface area contributed by atoms with Gasteiger partial charge in [0.15, 0.2) is 0 Å². The number of aliphatic carboxylic acids is 1. The summed E-state index contributed by atoms with van der Waals surface area (Å²) in [6.45, 7) is 1.81. The molecule has 0 bridgehead atoms. The van der Waals surface area contributed by atoms with Gasteiger partial charge in [-0.15, -0.1) is 0 Å². The predicted octanol–water partition coefficient (Wildman–Crippen LogP) is 2.84. The summed E-state index contributed by atoms with van der Waals surface area (Å²) in [6, 6.07) is 8.54. The van der Waals surface area contributed by atoms with Crippen LogP contribution in [0.25, 0.3) is 0 Å². The summed E-state index contributed by atoms with van der Waals surface area (Å²) in [4.78, 5) is 31.0. The van der Waals surface area contributed by atoms with Crippen molar-refractivity contribution >= 4 is 17.6 Å². The average Bonchev–Trinajstić information content (AvgIpc) is 2.83. The third-order valence-electron chi connectivity index (χ3n) is 4.87. The molecular formula is C18H22N2O3. The molecule has 1 fully saturated rings. The lowest BCUT2D eigenvalue weighted by Gasteiger charge is -2.41. The summed E-state index contributed by atoms with van der Waals surface area (Å²) in [5, 5.41) is 9.58. The van der Waals surface area contributed by atoms with Gasteiger partial charge in [-0.2, -0.15) is 0 Å². The molecule has 1 aliphatic heterocycles. The number of carbonyl (C=O) groups is 2. The molecule has 23 heavy (non-hydrogen) atoms. The Bertz CT molecular complexity index is 633. The van der Waals surface area contributed by atoms with Crippen molar-refractivity contribution in [3.8, 4) is 0 Å². The summed E-state index contributed by atoms with van der Waals surface area (Å²) < 4.78 is 0. The fourth-order valence-corrected chi connectivity index (χ4v) is 3.77. The molecule has 1 N–H and O–H groups in total. The molecule has 1 aromatic rings. The first-order valence-electron chi connectivity index (χ1n) is 8.31. The van der Waals surface area contributed by atoms with Crippen molar-refractivity contribution in [3.63, 3.8) is 0 Å². The highest BCUT2D eigenvalue weighted by atomic mass is 16.4. The van der Waals surface area contributed by atoms with Gasteiger partial charge in [0.25, 0.3) is 5.91 Å². The number of hydrogen-bond acceptors (Lipinski definition) is 3. The molecule has 1 aliphatic carbocycles. The van der Waals surface area contributed by atoms with Crippen LogP contribution in [0.3, 0.4) is 0 Å². The number of amides is 1. The number of carbonyl (C=O) groups excluding carboxylic acids is 1. The van der Waals surface area contributed by atoms with E-state index in [1.807, 2.05) is 37.3 Å². The van der Waals surface area contributed by atoms with Crippen molar-refractivity contribution in [2.45, 2.75) is 57.2 Å². The van der Waals surface area contributed by atoms with Gasteiger partial charge in [0.05, 0.1) is 0 Å². The van der Waals surface area contributed by atoms with Gasteiger partial charge in [0.2, 0.25) is 0 Å². The number of rotatable bonds is 4. The number of benzene rings is 1. The summed E-state index contributed by atoms with van der Waals surface area (Å²) in [5.41, 5.74) is 0.511. The Morgan fingerprint density at radius 2 is 1.91 bits per heavy atom. The highest BCUT2D eigenvalue weighted by Gasteiger charge is 2.51. The van der Waals surface area contributed by atoms with Crippen molar-refractivity contribution in [2.24, 2.45) is 4.99 Å². The lowest BCUT2D eigenvalue weighted by Crippen LogP contribution is -2.55.